The SMILES string of the molecule is Nc1ccsc1C(=O)N1CCC(C(F)(F)F)CC1. The van der Waals surface area contributed by atoms with E-state index in [0.29, 0.717) is 10.6 Å². The number of halogens is 3. The van der Waals surface area contributed by atoms with Crippen LogP contribution in [0.25, 0.3) is 0 Å². The van der Waals surface area contributed by atoms with Crippen LogP contribution < -0.4 is 5.73 Å². The summed E-state index contributed by atoms with van der Waals surface area (Å²) in [6.45, 7) is 0.278. The highest BCUT2D eigenvalue weighted by Crippen LogP contribution is 2.34. The summed E-state index contributed by atoms with van der Waals surface area (Å²) in [6.07, 6.45) is -4.21. The Kier molecular flexibility index (Phi) is 3.52. The smallest absolute Gasteiger partial charge is 0.391 e. The Bertz CT molecular complexity index is 436. The number of nitrogens with two attached hydrogens (primary N) is 1. The number of nitrogen functional groups attached to an aromatic ring is 1. The van der Waals surface area contributed by atoms with Crippen LogP contribution >= 0.6 is 11.3 Å². The molecule has 0 spiro atoms. The lowest BCUT2D eigenvalue weighted by Gasteiger charge is -2.32. The van der Waals surface area contributed by atoms with E-state index >= 15 is 0 Å². The van der Waals surface area contributed by atoms with Crippen LogP contribution in [0.3, 0.4) is 0 Å². The standard InChI is InChI=1S/C11H13F3N2OS/c12-11(13,14)7-1-4-16(5-2-7)10(17)9-8(15)3-6-18-9/h3,6-7H,1-2,4-5,15H2. The van der Waals surface area contributed by atoms with Crippen LogP contribution in [0, 0.1) is 5.92 Å². The Morgan fingerprint density at radius 2 is 2.00 bits per heavy atom. The van der Waals surface area contributed by atoms with Gasteiger partial charge >= 0.3 is 6.18 Å². The van der Waals surface area contributed by atoms with Crippen molar-refractivity contribution >= 4 is 22.9 Å². The van der Waals surface area contributed by atoms with Gasteiger partial charge in [-0.3, -0.25) is 4.79 Å². The molecule has 2 rings (SSSR count). The Morgan fingerprint density at radius 3 is 2.44 bits per heavy atom. The maximum atomic E-state index is 12.5. The van der Waals surface area contributed by atoms with Gasteiger partial charge in [0.25, 0.3) is 5.91 Å². The number of hydrogen-bond donors (Lipinski definition) is 1. The zero-order chi connectivity index (χ0) is 13.3. The van der Waals surface area contributed by atoms with Crippen molar-refractivity contribution in [1.29, 1.82) is 0 Å². The van der Waals surface area contributed by atoms with Gasteiger partial charge in [0.2, 0.25) is 0 Å². The number of amides is 1. The summed E-state index contributed by atoms with van der Waals surface area (Å²) >= 11 is 1.22. The van der Waals surface area contributed by atoms with Crippen LogP contribution in [-0.4, -0.2) is 30.1 Å². The molecule has 2 N–H and O–H groups in total. The molecule has 0 atom stereocenters. The molecule has 1 amide bonds. The number of likely N-dealkylation sites (tertiary alicyclic amines) is 1. The monoisotopic (exact) mass is 278 g/mol. The predicted octanol–water partition coefficient (Wildman–Crippen LogP) is 2.74. The highest BCUT2D eigenvalue weighted by Gasteiger charge is 2.41. The minimum absolute atomic E-state index is 0.0273. The summed E-state index contributed by atoms with van der Waals surface area (Å²) in [4.78, 5) is 13.9. The van der Waals surface area contributed by atoms with Crippen LogP contribution in [0.1, 0.15) is 22.5 Å². The van der Waals surface area contributed by atoms with Crippen molar-refractivity contribution < 1.29 is 18.0 Å². The third kappa shape index (κ3) is 2.60. The van der Waals surface area contributed by atoms with Gasteiger partial charge in [0, 0.05) is 13.1 Å². The average Bonchev–Trinajstić information content (AvgIpc) is 2.73. The fraction of sp³-hybridized carbons (Fsp3) is 0.545. The largest absolute Gasteiger partial charge is 0.397 e. The first-order valence-electron chi connectivity index (χ1n) is 5.58. The van der Waals surface area contributed by atoms with Gasteiger partial charge in [0.15, 0.2) is 0 Å². The van der Waals surface area contributed by atoms with E-state index in [9.17, 15) is 18.0 Å². The molecule has 1 aliphatic heterocycles. The maximum absolute atomic E-state index is 12.5. The second kappa shape index (κ2) is 4.79. The van der Waals surface area contributed by atoms with Crippen molar-refractivity contribution in [3.05, 3.63) is 16.3 Å². The van der Waals surface area contributed by atoms with E-state index in [-0.39, 0.29) is 31.8 Å². The number of alkyl halides is 3. The van der Waals surface area contributed by atoms with Gasteiger partial charge in [0.05, 0.1) is 11.6 Å². The second-order valence-electron chi connectivity index (χ2n) is 4.31. The van der Waals surface area contributed by atoms with Crippen molar-refractivity contribution in [3.63, 3.8) is 0 Å². The summed E-state index contributed by atoms with van der Waals surface area (Å²) < 4.78 is 37.5. The first-order chi connectivity index (χ1) is 8.39. The van der Waals surface area contributed by atoms with E-state index in [1.165, 1.54) is 16.2 Å². The van der Waals surface area contributed by atoms with Crippen molar-refractivity contribution in [2.24, 2.45) is 5.92 Å². The minimum Gasteiger partial charge on any atom is -0.397 e. The number of rotatable bonds is 1. The van der Waals surface area contributed by atoms with Gasteiger partial charge in [-0.05, 0) is 24.3 Å². The number of carbonyl (C=O) groups excluding carboxylic acids is 1. The molecule has 1 aromatic rings. The summed E-state index contributed by atoms with van der Waals surface area (Å²) in [5, 5.41) is 1.70. The summed E-state index contributed by atoms with van der Waals surface area (Å²) in [6, 6.07) is 1.63. The highest BCUT2D eigenvalue weighted by molar-refractivity contribution is 7.12. The molecule has 18 heavy (non-hydrogen) atoms. The van der Waals surface area contributed by atoms with E-state index in [0.717, 1.165) is 0 Å². The molecule has 0 aromatic carbocycles. The molecule has 0 aliphatic carbocycles. The molecule has 1 aromatic heterocycles. The lowest BCUT2D eigenvalue weighted by molar-refractivity contribution is -0.183. The second-order valence-corrected chi connectivity index (χ2v) is 5.23. The minimum atomic E-state index is -4.16. The third-order valence-corrected chi connectivity index (χ3v) is 4.05. The van der Waals surface area contributed by atoms with Crippen molar-refractivity contribution in [2.45, 2.75) is 19.0 Å². The van der Waals surface area contributed by atoms with E-state index in [1.54, 1.807) is 11.4 Å². The molecular weight excluding hydrogens is 265 g/mol. The number of thiophene rings is 1. The topological polar surface area (TPSA) is 46.3 Å². The molecule has 0 unspecified atom stereocenters. The number of piperidine rings is 1. The quantitative estimate of drug-likeness (QED) is 0.858. The van der Waals surface area contributed by atoms with Gasteiger partial charge in [-0.1, -0.05) is 0 Å². The lowest BCUT2D eigenvalue weighted by Crippen LogP contribution is -2.42. The zero-order valence-corrected chi connectivity index (χ0v) is 10.4. The molecule has 0 bridgehead atoms. The highest BCUT2D eigenvalue weighted by atomic mass is 32.1. The van der Waals surface area contributed by atoms with Crippen LogP contribution in [0.15, 0.2) is 11.4 Å². The molecule has 100 valence electrons. The predicted molar refractivity (Wildman–Crippen MR) is 63.4 cm³/mol. The number of hydrogen-bond acceptors (Lipinski definition) is 3. The van der Waals surface area contributed by atoms with E-state index < -0.39 is 12.1 Å². The fourth-order valence-corrected chi connectivity index (χ4v) is 2.83. The van der Waals surface area contributed by atoms with Crippen LogP contribution in [0.2, 0.25) is 0 Å². The Morgan fingerprint density at radius 1 is 1.39 bits per heavy atom. The number of anilines is 1. The van der Waals surface area contributed by atoms with Crippen LogP contribution in [0.4, 0.5) is 18.9 Å². The van der Waals surface area contributed by atoms with Gasteiger partial charge in [0.1, 0.15) is 4.88 Å². The van der Waals surface area contributed by atoms with Gasteiger partial charge in [-0.15, -0.1) is 11.3 Å². The molecule has 1 fully saturated rings. The molecule has 1 aliphatic rings. The fourth-order valence-electron chi connectivity index (χ4n) is 2.05. The molecule has 0 saturated carbocycles. The molecule has 2 heterocycles. The first kappa shape index (κ1) is 13.2. The van der Waals surface area contributed by atoms with Crippen molar-refractivity contribution in [2.75, 3.05) is 18.8 Å². The normalized spacial score (nSPS) is 18.1. The Hall–Kier alpha value is -1.24. The van der Waals surface area contributed by atoms with Crippen LogP contribution in [-0.2, 0) is 0 Å². The Balaban J connectivity index is 1.99. The molecule has 3 nitrogen and oxygen atoms in total. The van der Waals surface area contributed by atoms with Gasteiger partial charge in [-0.2, -0.15) is 13.2 Å². The molecule has 0 radical (unpaired) electrons. The molecular formula is C11H13F3N2OS. The van der Waals surface area contributed by atoms with Gasteiger partial charge < -0.3 is 10.6 Å². The summed E-state index contributed by atoms with van der Waals surface area (Å²) in [5.74, 6) is -1.55. The lowest BCUT2D eigenvalue weighted by atomic mass is 9.96. The Labute approximate surface area is 106 Å². The molecule has 1 saturated heterocycles. The zero-order valence-electron chi connectivity index (χ0n) is 9.54. The van der Waals surface area contributed by atoms with Crippen molar-refractivity contribution in [1.82, 2.24) is 4.90 Å². The van der Waals surface area contributed by atoms with Crippen LogP contribution in [0.5, 0.6) is 0 Å². The maximum Gasteiger partial charge on any atom is 0.391 e. The van der Waals surface area contributed by atoms with E-state index in [4.69, 9.17) is 5.73 Å². The number of carbonyl (C=O) groups is 1. The average molecular weight is 278 g/mol. The first-order valence-corrected chi connectivity index (χ1v) is 6.46. The summed E-state index contributed by atoms with van der Waals surface area (Å²) in [7, 11) is 0. The van der Waals surface area contributed by atoms with E-state index in [1.807, 2.05) is 0 Å². The molecule has 7 heteroatoms. The number of nitrogens with zero attached hydrogens (tertiary/aromatic N) is 1. The van der Waals surface area contributed by atoms with Gasteiger partial charge in [-0.25, -0.2) is 0 Å². The van der Waals surface area contributed by atoms with Crippen molar-refractivity contribution in [3.8, 4) is 0 Å². The summed E-state index contributed by atoms with van der Waals surface area (Å²) in [5.41, 5.74) is 6.02. The van der Waals surface area contributed by atoms with E-state index in [2.05, 4.69) is 0 Å². The third-order valence-electron chi connectivity index (χ3n) is 3.14.